The number of nitrogens with one attached hydrogen (secondary N) is 1. The van der Waals surface area contributed by atoms with Gasteiger partial charge >= 0.3 is 0 Å². The number of piperidine rings is 1. The van der Waals surface area contributed by atoms with Crippen LogP contribution in [0.3, 0.4) is 0 Å². The molecule has 1 fully saturated rings. The number of benzene rings is 2. The molecule has 1 amide bonds. The average Bonchev–Trinajstić information content (AvgIpc) is 2.69. The average molecular weight is 441 g/mol. The number of aryl methyl sites for hydroxylation is 1. The monoisotopic (exact) mass is 440 g/mol. The summed E-state index contributed by atoms with van der Waals surface area (Å²) in [5, 5.41) is 3.49. The molecule has 8 heteroatoms. The number of carbonyl (C=O) groups is 1. The summed E-state index contributed by atoms with van der Waals surface area (Å²) >= 11 is 12.0. The van der Waals surface area contributed by atoms with E-state index < -0.39 is 10.0 Å². The fourth-order valence-electron chi connectivity index (χ4n) is 3.26. The molecule has 2 aromatic rings. The predicted octanol–water partition coefficient (Wildman–Crippen LogP) is 3.90. The summed E-state index contributed by atoms with van der Waals surface area (Å²) in [5.41, 5.74) is 1.12. The molecule has 0 bridgehead atoms. The minimum atomic E-state index is -3.71. The molecule has 5 nitrogen and oxygen atoms in total. The Kier molecular flexibility index (Phi) is 6.99. The van der Waals surface area contributed by atoms with Crippen molar-refractivity contribution in [3.8, 4) is 0 Å². The Labute approximate surface area is 175 Å². The van der Waals surface area contributed by atoms with E-state index >= 15 is 0 Å². The first-order valence-corrected chi connectivity index (χ1v) is 11.3. The second-order valence-electron chi connectivity index (χ2n) is 6.81. The van der Waals surface area contributed by atoms with Crippen LogP contribution in [-0.2, 0) is 21.2 Å². The molecule has 0 aromatic heterocycles. The highest BCUT2D eigenvalue weighted by atomic mass is 35.5. The normalized spacial score (nSPS) is 16.1. The first-order chi connectivity index (χ1) is 13.4. The third kappa shape index (κ3) is 5.26. The molecule has 0 atom stereocenters. The van der Waals surface area contributed by atoms with Gasteiger partial charge < -0.3 is 5.32 Å². The van der Waals surface area contributed by atoms with Crippen LogP contribution in [-0.4, -0.2) is 37.8 Å². The van der Waals surface area contributed by atoms with Gasteiger partial charge in [-0.15, -0.1) is 0 Å². The van der Waals surface area contributed by atoms with Crippen molar-refractivity contribution in [2.75, 3.05) is 13.1 Å². The lowest BCUT2D eigenvalue weighted by atomic mass is 10.1. The van der Waals surface area contributed by atoms with E-state index in [1.165, 1.54) is 16.4 Å². The lowest BCUT2D eigenvalue weighted by Crippen LogP contribution is -2.46. The van der Waals surface area contributed by atoms with Crippen LogP contribution >= 0.6 is 23.2 Å². The van der Waals surface area contributed by atoms with E-state index in [1.54, 1.807) is 6.07 Å². The van der Waals surface area contributed by atoms with Gasteiger partial charge in [-0.2, -0.15) is 4.31 Å². The molecule has 1 heterocycles. The van der Waals surface area contributed by atoms with Gasteiger partial charge in [-0.1, -0.05) is 53.5 Å². The maximum absolute atomic E-state index is 12.8. The van der Waals surface area contributed by atoms with E-state index in [4.69, 9.17) is 23.2 Å². The van der Waals surface area contributed by atoms with Crippen molar-refractivity contribution in [3.05, 3.63) is 64.1 Å². The van der Waals surface area contributed by atoms with E-state index in [-0.39, 0.29) is 21.9 Å². The van der Waals surface area contributed by atoms with Crippen molar-refractivity contribution >= 4 is 39.1 Å². The fourth-order valence-corrected chi connectivity index (χ4v) is 5.46. The third-order valence-corrected chi connectivity index (χ3v) is 7.43. The molecule has 28 heavy (non-hydrogen) atoms. The Morgan fingerprint density at radius 3 is 2.43 bits per heavy atom. The molecule has 0 saturated carbocycles. The predicted molar refractivity (Wildman–Crippen MR) is 111 cm³/mol. The van der Waals surface area contributed by atoms with Crippen LogP contribution in [0.5, 0.6) is 0 Å². The minimum Gasteiger partial charge on any atom is -0.353 e. The highest BCUT2D eigenvalue weighted by Gasteiger charge is 2.31. The Morgan fingerprint density at radius 2 is 1.75 bits per heavy atom. The zero-order valence-corrected chi connectivity index (χ0v) is 17.6. The fraction of sp³-hybridized carbons (Fsp3) is 0.350. The zero-order chi connectivity index (χ0) is 20.1. The molecule has 0 aliphatic carbocycles. The van der Waals surface area contributed by atoms with Crippen LogP contribution < -0.4 is 5.32 Å². The molecular formula is C20H22Cl2N2O3S. The Balaban J connectivity index is 1.52. The number of hydrogen-bond acceptors (Lipinski definition) is 3. The smallest absolute Gasteiger partial charge is 0.244 e. The largest absolute Gasteiger partial charge is 0.353 e. The lowest BCUT2D eigenvalue weighted by Gasteiger charge is -2.31. The van der Waals surface area contributed by atoms with Crippen LogP contribution in [0.25, 0.3) is 0 Å². The number of carbonyl (C=O) groups excluding carboxylic acids is 1. The summed E-state index contributed by atoms with van der Waals surface area (Å²) in [4.78, 5) is 12.2. The highest BCUT2D eigenvalue weighted by Crippen LogP contribution is 2.29. The quantitative estimate of drug-likeness (QED) is 0.740. The molecule has 0 spiro atoms. The molecule has 1 aliphatic rings. The zero-order valence-electron chi connectivity index (χ0n) is 15.3. The van der Waals surface area contributed by atoms with Gasteiger partial charge in [0.15, 0.2) is 0 Å². The lowest BCUT2D eigenvalue weighted by molar-refractivity contribution is -0.122. The van der Waals surface area contributed by atoms with Gasteiger partial charge in [0.1, 0.15) is 4.90 Å². The van der Waals surface area contributed by atoms with Crippen LogP contribution in [0.1, 0.15) is 24.8 Å². The topological polar surface area (TPSA) is 66.5 Å². The number of rotatable bonds is 6. The highest BCUT2D eigenvalue weighted by molar-refractivity contribution is 7.89. The second-order valence-corrected chi connectivity index (χ2v) is 9.56. The summed E-state index contributed by atoms with van der Waals surface area (Å²) in [5.74, 6) is -0.0111. The van der Waals surface area contributed by atoms with Crippen LogP contribution in [0.2, 0.25) is 10.0 Å². The van der Waals surface area contributed by atoms with Gasteiger partial charge in [0.25, 0.3) is 0 Å². The summed E-state index contributed by atoms with van der Waals surface area (Å²) in [6.45, 7) is 0.656. The SMILES string of the molecule is O=C(CCc1ccccc1)NC1CCN(S(=O)(=O)c2cc(Cl)ccc2Cl)CC1. The van der Waals surface area contributed by atoms with E-state index in [0.717, 1.165) is 5.56 Å². The minimum absolute atomic E-state index is 0.0111. The Hall–Kier alpha value is -1.60. The van der Waals surface area contributed by atoms with Crippen molar-refractivity contribution < 1.29 is 13.2 Å². The summed E-state index contributed by atoms with van der Waals surface area (Å²) in [6, 6.07) is 14.2. The number of hydrogen-bond donors (Lipinski definition) is 1. The molecule has 3 rings (SSSR count). The first-order valence-electron chi connectivity index (χ1n) is 9.15. The molecule has 150 valence electrons. The van der Waals surface area contributed by atoms with Crippen molar-refractivity contribution in [1.82, 2.24) is 9.62 Å². The van der Waals surface area contributed by atoms with Crippen LogP contribution in [0, 0.1) is 0 Å². The molecule has 1 N–H and O–H groups in total. The number of nitrogens with zero attached hydrogens (tertiary/aromatic N) is 1. The number of sulfonamides is 1. The van der Waals surface area contributed by atoms with Gasteiger partial charge in [0.05, 0.1) is 5.02 Å². The summed E-state index contributed by atoms with van der Waals surface area (Å²) in [6.07, 6.45) is 2.23. The molecule has 1 aliphatic heterocycles. The maximum Gasteiger partial charge on any atom is 0.244 e. The molecule has 0 radical (unpaired) electrons. The third-order valence-electron chi connectivity index (χ3n) is 4.81. The Bertz CT molecular complexity index is 928. The van der Waals surface area contributed by atoms with Gasteiger partial charge in [0.2, 0.25) is 15.9 Å². The maximum atomic E-state index is 12.8. The number of halogens is 2. The van der Waals surface area contributed by atoms with Crippen molar-refractivity contribution in [3.63, 3.8) is 0 Å². The van der Waals surface area contributed by atoms with Crippen LogP contribution in [0.4, 0.5) is 0 Å². The molecule has 0 unspecified atom stereocenters. The number of amides is 1. The molecule has 2 aromatic carbocycles. The van der Waals surface area contributed by atoms with E-state index in [1.807, 2.05) is 30.3 Å². The second kappa shape index (κ2) is 9.27. The van der Waals surface area contributed by atoms with E-state index in [2.05, 4.69) is 5.32 Å². The van der Waals surface area contributed by atoms with E-state index in [0.29, 0.717) is 43.8 Å². The Morgan fingerprint density at radius 1 is 1.07 bits per heavy atom. The first kappa shape index (κ1) is 21.1. The van der Waals surface area contributed by atoms with Crippen molar-refractivity contribution in [2.24, 2.45) is 0 Å². The van der Waals surface area contributed by atoms with Crippen molar-refractivity contribution in [1.29, 1.82) is 0 Å². The standard InChI is InChI=1S/C20H22Cl2N2O3S/c21-16-7-8-18(22)19(14-16)28(26,27)24-12-10-17(11-13-24)23-20(25)9-6-15-4-2-1-3-5-15/h1-5,7-8,14,17H,6,9-13H2,(H,23,25). The molecule has 1 saturated heterocycles. The van der Waals surface area contributed by atoms with Crippen LogP contribution in [0.15, 0.2) is 53.4 Å². The van der Waals surface area contributed by atoms with Gasteiger partial charge in [-0.3, -0.25) is 4.79 Å². The van der Waals surface area contributed by atoms with Gasteiger partial charge in [-0.25, -0.2) is 8.42 Å². The molecular weight excluding hydrogens is 419 g/mol. The van der Waals surface area contributed by atoms with Gasteiger partial charge in [0, 0.05) is 30.6 Å². The van der Waals surface area contributed by atoms with E-state index in [9.17, 15) is 13.2 Å². The van der Waals surface area contributed by atoms with Crippen molar-refractivity contribution in [2.45, 2.75) is 36.6 Å². The summed E-state index contributed by atoms with van der Waals surface area (Å²) in [7, 11) is -3.71. The van der Waals surface area contributed by atoms with Gasteiger partial charge in [-0.05, 0) is 43.0 Å². The summed E-state index contributed by atoms with van der Waals surface area (Å²) < 4.78 is 27.1.